The average Bonchev–Trinajstić information content (AvgIpc) is 2.69. The molecule has 2 aromatic rings. The Morgan fingerprint density at radius 2 is 1.59 bits per heavy atom. The Kier molecular flexibility index (Phi) is 7.35. The minimum absolute atomic E-state index is 0.0665. The average molecular weight is 420 g/mol. The van der Waals surface area contributed by atoms with E-state index in [-0.39, 0.29) is 4.90 Å². The molecular weight excluding hydrogens is 394 g/mol. The third-order valence-electron chi connectivity index (χ3n) is 4.34. The number of ether oxygens (including phenoxy) is 1. The predicted octanol–water partition coefficient (Wildman–Crippen LogP) is 2.36. The van der Waals surface area contributed by atoms with Crippen LogP contribution in [-0.2, 0) is 19.6 Å². The van der Waals surface area contributed by atoms with Crippen molar-refractivity contribution in [1.82, 2.24) is 0 Å². The fourth-order valence-corrected chi connectivity index (χ4v) is 3.17. The molecule has 0 aliphatic heterocycles. The molecule has 29 heavy (non-hydrogen) atoms. The molecule has 9 heteroatoms. The maximum atomic E-state index is 12.3. The summed E-state index contributed by atoms with van der Waals surface area (Å²) in [4.78, 5) is 26.6. The van der Waals surface area contributed by atoms with Gasteiger partial charge in [0.25, 0.3) is 5.91 Å². The highest BCUT2D eigenvalue weighted by Gasteiger charge is 2.19. The van der Waals surface area contributed by atoms with E-state index in [4.69, 9.17) is 9.88 Å². The highest BCUT2D eigenvalue weighted by atomic mass is 32.2. The van der Waals surface area contributed by atoms with Gasteiger partial charge in [-0.2, -0.15) is 0 Å². The number of rotatable bonds is 8. The minimum atomic E-state index is -3.81. The van der Waals surface area contributed by atoms with Gasteiger partial charge in [-0.15, -0.1) is 0 Å². The van der Waals surface area contributed by atoms with E-state index in [2.05, 4.69) is 24.1 Å². The standard InChI is InChI=1S/C20H25N3O5S/c1-4-23(5-2)17-10-6-15(7-11-17)20(25)28-14(3)19(24)22-16-8-12-18(13-9-16)29(21,26)27/h6-14H,4-5H2,1-3H3,(H,22,24)(H2,21,26,27). The molecule has 0 fully saturated rings. The zero-order valence-electron chi connectivity index (χ0n) is 16.6. The first-order chi connectivity index (χ1) is 13.7. The molecule has 0 saturated carbocycles. The molecule has 1 unspecified atom stereocenters. The van der Waals surface area contributed by atoms with Gasteiger partial charge in [0.1, 0.15) is 0 Å². The van der Waals surface area contributed by atoms with Gasteiger partial charge in [0.15, 0.2) is 6.10 Å². The van der Waals surface area contributed by atoms with Gasteiger partial charge in [-0.3, -0.25) is 4.79 Å². The van der Waals surface area contributed by atoms with E-state index < -0.39 is 28.0 Å². The fourth-order valence-electron chi connectivity index (χ4n) is 2.65. The highest BCUT2D eigenvalue weighted by molar-refractivity contribution is 7.89. The van der Waals surface area contributed by atoms with Crippen LogP contribution in [0.25, 0.3) is 0 Å². The monoisotopic (exact) mass is 419 g/mol. The van der Waals surface area contributed by atoms with Gasteiger partial charge in [0, 0.05) is 24.5 Å². The number of nitrogens with two attached hydrogens (primary N) is 1. The Balaban J connectivity index is 1.97. The summed E-state index contributed by atoms with van der Waals surface area (Å²) in [5.74, 6) is -1.15. The number of nitrogens with zero attached hydrogens (tertiary/aromatic N) is 1. The van der Waals surface area contributed by atoms with Crippen molar-refractivity contribution in [2.45, 2.75) is 31.8 Å². The molecule has 0 aliphatic carbocycles. The van der Waals surface area contributed by atoms with Crippen molar-refractivity contribution in [3.8, 4) is 0 Å². The second-order valence-electron chi connectivity index (χ2n) is 6.33. The number of carbonyl (C=O) groups excluding carboxylic acids is 2. The summed E-state index contributed by atoms with van der Waals surface area (Å²) in [5.41, 5.74) is 1.70. The Morgan fingerprint density at radius 3 is 2.07 bits per heavy atom. The van der Waals surface area contributed by atoms with Crippen molar-refractivity contribution in [3.63, 3.8) is 0 Å². The summed E-state index contributed by atoms with van der Waals surface area (Å²) >= 11 is 0. The number of carbonyl (C=O) groups is 2. The summed E-state index contributed by atoms with van der Waals surface area (Å²) in [6.45, 7) is 7.27. The normalized spacial score (nSPS) is 12.1. The van der Waals surface area contributed by atoms with E-state index in [0.29, 0.717) is 11.3 Å². The molecule has 0 saturated heterocycles. The van der Waals surface area contributed by atoms with E-state index in [1.165, 1.54) is 31.2 Å². The van der Waals surface area contributed by atoms with Crippen LogP contribution in [0, 0.1) is 0 Å². The van der Waals surface area contributed by atoms with E-state index in [1.807, 2.05) is 12.1 Å². The van der Waals surface area contributed by atoms with Crippen LogP contribution >= 0.6 is 0 Å². The van der Waals surface area contributed by atoms with Gasteiger partial charge in [0.05, 0.1) is 10.5 Å². The van der Waals surface area contributed by atoms with Crippen LogP contribution in [0.1, 0.15) is 31.1 Å². The number of hydrogen-bond acceptors (Lipinski definition) is 6. The van der Waals surface area contributed by atoms with Crippen LogP contribution in [0.2, 0.25) is 0 Å². The topological polar surface area (TPSA) is 119 Å². The van der Waals surface area contributed by atoms with Crippen molar-refractivity contribution in [2.75, 3.05) is 23.3 Å². The molecule has 1 amide bonds. The molecule has 0 aliphatic rings. The van der Waals surface area contributed by atoms with E-state index in [0.717, 1.165) is 18.8 Å². The molecule has 1 atom stereocenters. The Morgan fingerprint density at radius 1 is 1.03 bits per heavy atom. The van der Waals surface area contributed by atoms with Crippen molar-refractivity contribution in [1.29, 1.82) is 0 Å². The maximum Gasteiger partial charge on any atom is 0.338 e. The van der Waals surface area contributed by atoms with Crippen molar-refractivity contribution in [2.24, 2.45) is 5.14 Å². The first kappa shape index (κ1) is 22.4. The molecule has 3 N–H and O–H groups in total. The number of primary sulfonamides is 1. The number of anilines is 2. The summed E-state index contributed by atoms with van der Waals surface area (Å²) in [6.07, 6.45) is -1.04. The largest absolute Gasteiger partial charge is 0.449 e. The third kappa shape index (κ3) is 6.03. The van der Waals surface area contributed by atoms with Crippen LogP contribution in [0.4, 0.5) is 11.4 Å². The van der Waals surface area contributed by atoms with E-state index in [9.17, 15) is 18.0 Å². The summed E-state index contributed by atoms with van der Waals surface area (Å²) in [6, 6.07) is 12.3. The van der Waals surface area contributed by atoms with Crippen LogP contribution in [0.5, 0.6) is 0 Å². The highest BCUT2D eigenvalue weighted by Crippen LogP contribution is 2.17. The first-order valence-corrected chi connectivity index (χ1v) is 10.7. The lowest BCUT2D eigenvalue weighted by Gasteiger charge is -2.21. The smallest absolute Gasteiger partial charge is 0.338 e. The Bertz CT molecular complexity index is 953. The zero-order valence-corrected chi connectivity index (χ0v) is 17.4. The molecule has 8 nitrogen and oxygen atoms in total. The number of benzene rings is 2. The maximum absolute atomic E-state index is 12.3. The number of esters is 1. The molecule has 0 aromatic heterocycles. The van der Waals surface area contributed by atoms with Gasteiger partial charge in [-0.25, -0.2) is 18.4 Å². The summed E-state index contributed by atoms with van der Waals surface area (Å²) in [7, 11) is -3.81. The van der Waals surface area contributed by atoms with Crippen molar-refractivity contribution in [3.05, 3.63) is 54.1 Å². The summed E-state index contributed by atoms with van der Waals surface area (Å²) in [5, 5.41) is 7.59. The second kappa shape index (κ2) is 9.53. The molecule has 2 aromatic carbocycles. The number of amides is 1. The zero-order chi connectivity index (χ0) is 21.6. The minimum Gasteiger partial charge on any atom is -0.449 e. The van der Waals surface area contributed by atoms with Gasteiger partial charge in [0.2, 0.25) is 10.0 Å². The van der Waals surface area contributed by atoms with Crippen LogP contribution < -0.4 is 15.4 Å². The predicted molar refractivity (Wildman–Crippen MR) is 111 cm³/mol. The van der Waals surface area contributed by atoms with Crippen molar-refractivity contribution < 1.29 is 22.7 Å². The second-order valence-corrected chi connectivity index (χ2v) is 7.89. The molecule has 0 heterocycles. The van der Waals surface area contributed by atoms with Crippen LogP contribution in [0.3, 0.4) is 0 Å². The molecule has 156 valence electrons. The molecule has 0 radical (unpaired) electrons. The fraction of sp³-hybridized carbons (Fsp3) is 0.300. The van der Waals surface area contributed by atoms with E-state index in [1.54, 1.807) is 12.1 Å². The number of sulfonamides is 1. The van der Waals surface area contributed by atoms with Gasteiger partial charge in [-0.1, -0.05) is 0 Å². The molecule has 0 spiro atoms. The lowest BCUT2D eigenvalue weighted by atomic mass is 10.2. The Labute approximate surface area is 170 Å². The lowest BCUT2D eigenvalue weighted by molar-refractivity contribution is -0.123. The Hall–Kier alpha value is -2.91. The van der Waals surface area contributed by atoms with E-state index >= 15 is 0 Å². The van der Waals surface area contributed by atoms with Crippen LogP contribution in [-0.4, -0.2) is 39.5 Å². The quantitative estimate of drug-likeness (QED) is 0.634. The molecule has 0 bridgehead atoms. The number of hydrogen-bond donors (Lipinski definition) is 2. The SMILES string of the molecule is CCN(CC)c1ccc(C(=O)OC(C)C(=O)Nc2ccc(S(N)(=O)=O)cc2)cc1. The lowest BCUT2D eigenvalue weighted by Crippen LogP contribution is -2.30. The molecule has 2 rings (SSSR count). The first-order valence-electron chi connectivity index (χ1n) is 9.15. The summed E-state index contributed by atoms with van der Waals surface area (Å²) < 4.78 is 27.7. The van der Waals surface area contributed by atoms with Gasteiger partial charge >= 0.3 is 5.97 Å². The molecular formula is C20H25N3O5S. The van der Waals surface area contributed by atoms with Gasteiger partial charge in [-0.05, 0) is 69.3 Å². The van der Waals surface area contributed by atoms with Crippen LogP contribution in [0.15, 0.2) is 53.4 Å². The number of nitrogens with one attached hydrogen (secondary N) is 1. The van der Waals surface area contributed by atoms with Gasteiger partial charge < -0.3 is 15.0 Å². The van der Waals surface area contributed by atoms with Crippen molar-refractivity contribution >= 4 is 33.3 Å². The third-order valence-corrected chi connectivity index (χ3v) is 5.26.